The third kappa shape index (κ3) is 3.34. The average Bonchev–Trinajstić information content (AvgIpc) is 2.61. The van der Waals surface area contributed by atoms with Crippen molar-refractivity contribution in [2.75, 3.05) is 6.61 Å². The van der Waals surface area contributed by atoms with Crippen LogP contribution in [0.15, 0.2) is 65.6 Å². The molecule has 1 aliphatic rings. The van der Waals surface area contributed by atoms with E-state index in [4.69, 9.17) is 9.47 Å². The monoisotopic (exact) mass is 343 g/mol. The number of rotatable bonds is 7. The summed E-state index contributed by atoms with van der Waals surface area (Å²) in [5.41, 5.74) is 1.02. The van der Waals surface area contributed by atoms with Crippen LogP contribution in [0.1, 0.15) is 25.5 Å². The van der Waals surface area contributed by atoms with E-state index < -0.39 is 11.2 Å². The van der Waals surface area contributed by atoms with Crippen molar-refractivity contribution in [3.63, 3.8) is 0 Å². The molecule has 24 heavy (non-hydrogen) atoms. The van der Waals surface area contributed by atoms with Gasteiger partial charge in [-0.05, 0) is 31.5 Å². The van der Waals surface area contributed by atoms with E-state index in [9.17, 15) is 4.79 Å². The summed E-state index contributed by atoms with van der Waals surface area (Å²) in [5, 5.41) is 2.98. The number of β-lactam (4-membered cyclic amide) rings is 1. The molecule has 2 aromatic rings. The highest BCUT2D eigenvalue weighted by atomic mass is 32.2. The fraction of sp³-hybridized carbons (Fsp3) is 0.316. The van der Waals surface area contributed by atoms with Crippen LogP contribution in [0.2, 0.25) is 0 Å². The van der Waals surface area contributed by atoms with Gasteiger partial charge in [0.05, 0.1) is 0 Å². The summed E-state index contributed by atoms with van der Waals surface area (Å²) in [5.74, 6) is -0.128. The molecule has 0 aromatic heterocycles. The topological polar surface area (TPSA) is 47.6 Å². The highest BCUT2D eigenvalue weighted by Crippen LogP contribution is 2.49. The van der Waals surface area contributed by atoms with Crippen molar-refractivity contribution in [3.05, 3.63) is 66.2 Å². The summed E-state index contributed by atoms with van der Waals surface area (Å²) in [4.78, 5) is 12.5. The van der Waals surface area contributed by atoms with Crippen LogP contribution >= 0.6 is 11.8 Å². The quantitative estimate of drug-likeness (QED) is 0.614. The molecular formula is C19H21NO3S. The van der Waals surface area contributed by atoms with Crippen molar-refractivity contribution in [2.45, 2.75) is 36.0 Å². The lowest BCUT2D eigenvalue weighted by atomic mass is 9.93. The first-order valence-corrected chi connectivity index (χ1v) is 8.86. The van der Waals surface area contributed by atoms with Crippen LogP contribution in [0.4, 0.5) is 0 Å². The van der Waals surface area contributed by atoms with Gasteiger partial charge in [-0.3, -0.25) is 4.79 Å². The van der Waals surface area contributed by atoms with Gasteiger partial charge < -0.3 is 14.8 Å². The number of thioether (sulfide) groups is 1. The molecular weight excluding hydrogens is 322 g/mol. The maximum atomic E-state index is 12.6. The van der Waals surface area contributed by atoms with Crippen LogP contribution in [-0.2, 0) is 14.3 Å². The maximum Gasteiger partial charge on any atom is 0.266 e. The summed E-state index contributed by atoms with van der Waals surface area (Å²) < 4.78 is 11.7. The van der Waals surface area contributed by atoms with E-state index in [0.717, 1.165) is 10.5 Å². The Morgan fingerprint density at radius 2 is 1.75 bits per heavy atom. The summed E-state index contributed by atoms with van der Waals surface area (Å²) in [6.07, 6.45) is -0.469. The first-order chi connectivity index (χ1) is 11.7. The van der Waals surface area contributed by atoms with E-state index in [1.165, 1.54) is 11.8 Å². The minimum absolute atomic E-state index is 0.128. The molecule has 3 atom stereocenters. The highest BCUT2D eigenvalue weighted by molar-refractivity contribution is 8.01. The van der Waals surface area contributed by atoms with Gasteiger partial charge in [-0.1, -0.05) is 60.3 Å². The van der Waals surface area contributed by atoms with Gasteiger partial charge in [-0.15, -0.1) is 0 Å². The van der Waals surface area contributed by atoms with Crippen LogP contribution in [0.25, 0.3) is 0 Å². The standard InChI is InChI=1S/C19H21NO3S/c1-3-22-14(2)23-19(24-16-12-8-5-9-13-16)17(20-18(19)21)15-10-6-4-7-11-15/h4-14,17H,3H2,1-2H3,(H,20,21)/t14?,17-,19-/m0/s1. The molecule has 1 N–H and O–H groups in total. The minimum Gasteiger partial charge on any atom is -0.353 e. The lowest BCUT2D eigenvalue weighted by Crippen LogP contribution is -2.66. The first kappa shape index (κ1) is 17.0. The van der Waals surface area contributed by atoms with Crippen molar-refractivity contribution >= 4 is 17.7 Å². The molecule has 3 rings (SSSR count). The van der Waals surface area contributed by atoms with Gasteiger partial charge in [0.15, 0.2) is 6.29 Å². The maximum absolute atomic E-state index is 12.6. The van der Waals surface area contributed by atoms with Gasteiger partial charge in [0.25, 0.3) is 5.91 Å². The van der Waals surface area contributed by atoms with Crippen LogP contribution in [0.3, 0.4) is 0 Å². The van der Waals surface area contributed by atoms with Gasteiger partial charge in [0.1, 0.15) is 6.04 Å². The molecule has 126 valence electrons. The number of carbonyl (C=O) groups excluding carboxylic acids is 1. The Morgan fingerprint density at radius 3 is 2.33 bits per heavy atom. The van der Waals surface area contributed by atoms with Crippen molar-refractivity contribution in [1.82, 2.24) is 5.32 Å². The smallest absolute Gasteiger partial charge is 0.266 e. The lowest BCUT2D eigenvalue weighted by molar-refractivity contribution is -0.202. The second kappa shape index (κ2) is 7.38. The third-order valence-corrected chi connectivity index (χ3v) is 5.19. The van der Waals surface area contributed by atoms with Gasteiger partial charge in [-0.25, -0.2) is 0 Å². The second-order valence-electron chi connectivity index (χ2n) is 5.54. The SMILES string of the molecule is CCOC(C)O[C@@]1(Sc2ccccc2)C(=O)N[C@H]1c1ccccc1. The molecule has 1 aliphatic heterocycles. The summed E-state index contributed by atoms with van der Waals surface area (Å²) in [6, 6.07) is 19.5. The summed E-state index contributed by atoms with van der Waals surface area (Å²) in [7, 11) is 0. The number of hydrogen-bond donors (Lipinski definition) is 1. The average molecular weight is 343 g/mol. The Labute approximate surface area is 146 Å². The molecule has 1 amide bonds. The third-order valence-electron chi connectivity index (χ3n) is 3.86. The minimum atomic E-state index is -1.03. The molecule has 0 spiro atoms. The number of carbonyl (C=O) groups is 1. The molecule has 2 aromatic carbocycles. The Balaban J connectivity index is 1.92. The normalized spacial score (nSPS) is 24.1. The zero-order chi connectivity index (χ0) is 17.0. The summed E-state index contributed by atoms with van der Waals surface area (Å²) in [6.45, 7) is 4.27. The van der Waals surface area contributed by atoms with Crippen molar-refractivity contribution < 1.29 is 14.3 Å². The van der Waals surface area contributed by atoms with E-state index in [0.29, 0.717) is 6.61 Å². The molecule has 0 radical (unpaired) electrons. The molecule has 0 saturated carbocycles. The number of nitrogens with one attached hydrogen (secondary N) is 1. The summed E-state index contributed by atoms with van der Waals surface area (Å²) >= 11 is 1.43. The predicted molar refractivity (Wildman–Crippen MR) is 94.5 cm³/mol. The van der Waals surface area contributed by atoms with Gasteiger partial charge in [0, 0.05) is 11.5 Å². The molecule has 0 aliphatic carbocycles. The van der Waals surface area contributed by atoms with E-state index in [1.54, 1.807) is 0 Å². The predicted octanol–water partition coefficient (Wildman–Crippen LogP) is 3.75. The fourth-order valence-electron chi connectivity index (χ4n) is 2.76. The zero-order valence-electron chi connectivity index (χ0n) is 13.8. The molecule has 1 fully saturated rings. The highest BCUT2D eigenvalue weighted by Gasteiger charge is 2.59. The number of ether oxygens (including phenoxy) is 2. The van der Waals surface area contributed by atoms with Crippen LogP contribution in [-0.4, -0.2) is 23.7 Å². The molecule has 1 unspecified atom stereocenters. The first-order valence-electron chi connectivity index (χ1n) is 8.05. The second-order valence-corrected chi connectivity index (χ2v) is 6.82. The van der Waals surface area contributed by atoms with E-state index >= 15 is 0 Å². The van der Waals surface area contributed by atoms with E-state index in [1.807, 2.05) is 74.5 Å². The van der Waals surface area contributed by atoms with Gasteiger partial charge in [-0.2, -0.15) is 0 Å². The molecule has 4 nitrogen and oxygen atoms in total. The Kier molecular flexibility index (Phi) is 5.23. The number of hydrogen-bond acceptors (Lipinski definition) is 4. The Bertz CT molecular complexity index is 680. The van der Waals surface area contributed by atoms with Crippen molar-refractivity contribution in [1.29, 1.82) is 0 Å². The molecule has 0 bridgehead atoms. The van der Waals surface area contributed by atoms with Crippen LogP contribution < -0.4 is 5.32 Å². The molecule has 5 heteroatoms. The van der Waals surface area contributed by atoms with E-state index in [2.05, 4.69) is 5.32 Å². The van der Waals surface area contributed by atoms with Crippen LogP contribution in [0.5, 0.6) is 0 Å². The van der Waals surface area contributed by atoms with Gasteiger partial charge in [0.2, 0.25) is 4.93 Å². The fourth-order valence-corrected chi connectivity index (χ4v) is 4.05. The Morgan fingerprint density at radius 1 is 1.12 bits per heavy atom. The lowest BCUT2D eigenvalue weighted by Gasteiger charge is -2.48. The van der Waals surface area contributed by atoms with Crippen LogP contribution in [0, 0.1) is 0 Å². The Hall–Kier alpha value is -1.82. The molecule has 1 saturated heterocycles. The number of amides is 1. The van der Waals surface area contributed by atoms with Crippen molar-refractivity contribution in [2.24, 2.45) is 0 Å². The van der Waals surface area contributed by atoms with Gasteiger partial charge >= 0.3 is 0 Å². The number of benzene rings is 2. The van der Waals surface area contributed by atoms with E-state index in [-0.39, 0.29) is 11.9 Å². The van der Waals surface area contributed by atoms with Crippen molar-refractivity contribution in [3.8, 4) is 0 Å². The zero-order valence-corrected chi connectivity index (χ0v) is 14.6. The largest absolute Gasteiger partial charge is 0.353 e. The molecule has 1 heterocycles.